The topological polar surface area (TPSA) is 204 Å². The third-order valence-electron chi connectivity index (χ3n) is 9.03. The molecule has 1 aromatic heterocycles. The van der Waals surface area contributed by atoms with Gasteiger partial charge in [-0.3, -0.25) is 19.2 Å². The number of aliphatic hydroxyl groups is 2. The summed E-state index contributed by atoms with van der Waals surface area (Å²) in [6.07, 6.45) is 1.78. The number of nitrogens with one attached hydrogen (secondary N) is 3. The lowest BCUT2D eigenvalue weighted by Gasteiger charge is -2.32. The predicted octanol–water partition coefficient (Wildman–Crippen LogP) is 0.234. The van der Waals surface area contributed by atoms with Crippen molar-refractivity contribution in [3.05, 3.63) is 71.9 Å². The minimum atomic E-state index is -1.37. The Balaban J connectivity index is 1.41. The summed E-state index contributed by atoms with van der Waals surface area (Å²) in [6.45, 7) is 1.65. The summed E-state index contributed by atoms with van der Waals surface area (Å²) in [7, 11) is 0. The molecule has 0 bridgehead atoms. The first-order chi connectivity index (χ1) is 21.1. The molecule has 1 saturated carbocycles. The number of hydrogen-bond donors (Lipinski definition) is 7. The van der Waals surface area contributed by atoms with E-state index >= 15 is 0 Å². The second kappa shape index (κ2) is 13.2. The number of amides is 4. The van der Waals surface area contributed by atoms with Crippen molar-refractivity contribution >= 4 is 34.5 Å². The number of aliphatic hydroxyl groups excluding tert-OH is 2. The van der Waals surface area contributed by atoms with Gasteiger partial charge < -0.3 is 42.2 Å². The van der Waals surface area contributed by atoms with Crippen LogP contribution in [0.1, 0.15) is 43.4 Å². The molecular formula is C32H40N6O6. The van der Waals surface area contributed by atoms with Crippen LogP contribution in [0.4, 0.5) is 0 Å². The van der Waals surface area contributed by atoms with Crippen LogP contribution in [0.3, 0.4) is 0 Å². The standard InChI is InChI=1S/C32H40N6O6/c1-17(39)26(29(34)41)37-30(42)24(14-20-15-35-23-13-6-5-11-21(20)23)36-31(43)27-22-12-7-10-19(22)16-38(27)32(44)25(33)28(40)18-8-3-2-4-9-18/h2-6,8-9,11,13,15,17,19,22,24-28,35,39-40H,7,10,12,14,16,33H2,1H3,(H2,34,41)(H,36,43)(H,37,42)/t17-,19?,22?,24+,25+,26+,27+,28+/m1/s1. The predicted molar refractivity (Wildman–Crippen MR) is 162 cm³/mol. The third kappa shape index (κ3) is 6.33. The lowest BCUT2D eigenvalue weighted by Crippen LogP contribution is -2.60. The molecule has 2 aromatic carbocycles. The highest BCUT2D eigenvalue weighted by Crippen LogP contribution is 2.43. The highest BCUT2D eigenvalue weighted by molar-refractivity contribution is 5.96. The number of primary amides is 1. The number of rotatable bonds is 11. The summed E-state index contributed by atoms with van der Waals surface area (Å²) in [6, 6.07) is 11.4. The minimum absolute atomic E-state index is 0.0634. The van der Waals surface area contributed by atoms with E-state index < -0.39 is 60.0 Å². The number of nitrogens with two attached hydrogens (primary N) is 2. The van der Waals surface area contributed by atoms with E-state index in [1.165, 1.54) is 11.8 Å². The van der Waals surface area contributed by atoms with Gasteiger partial charge in [0.25, 0.3) is 0 Å². The molecule has 0 spiro atoms. The van der Waals surface area contributed by atoms with E-state index in [0.717, 1.165) is 35.7 Å². The highest BCUT2D eigenvalue weighted by Gasteiger charge is 2.51. The molecule has 4 amide bonds. The Bertz CT molecular complexity index is 1510. The van der Waals surface area contributed by atoms with E-state index in [1.807, 2.05) is 24.3 Å². The van der Waals surface area contributed by atoms with Gasteiger partial charge in [0.1, 0.15) is 30.3 Å². The molecule has 1 aliphatic carbocycles. The Morgan fingerprint density at radius 1 is 1.02 bits per heavy atom. The number of fused-ring (bicyclic) bond motifs is 2. The van der Waals surface area contributed by atoms with Gasteiger partial charge in [-0.25, -0.2) is 0 Å². The minimum Gasteiger partial charge on any atom is -0.391 e. The molecular weight excluding hydrogens is 564 g/mol. The van der Waals surface area contributed by atoms with Crippen molar-refractivity contribution in [1.82, 2.24) is 20.5 Å². The molecule has 0 radical (unpaired) electrons. The number of aromatic nitrogens is 1. The number of H-pyrrole nitrogens is 1. The van der Waals surface area contributed by atoms with Gasteiger partial charge in [-0.1, -0.05) is 55.0 Å². The molecule has 12 heteroatoms. The molecule has 9 N–H and O–H groups in total. The van der Waals surface area contributed by atoms with E-state index in [0.29, 0.717) is 12.1 Å². The number of carbonyl (C=O) groups excluding carboxylic acids is 4. The largest absolute Gasteiger partial charge is 0.391 e. The summed E-state index contributed by atoms with van der Waals surface area (Å²) in [5, 5.41) is 27.1. The molecule has 5 rings (SSSR count). The van der Waals surface area contributed by atoms with Gasteiger partial charge >= 0.3 is 0 Å². The fourth-order valence-corrected chi connectivity index (χ4v) is 6.72. The van der Waals surface area contributed by atoms with Crippen LogP contribution < -0.4 is 22.1 Å². The quantitative estimate of drug-likeness (QED) is 0.162. The smallest absolute Gasteiger partial charge is 0.243 e. The van der Waals surface area contributed by atoms with Crippen LogP contribution in [0.2, 0.25) is 0 Å². The zero-order valence-corrected chi connectivity index (χ0v) is 24.6. The molecule has 2 heterocycles. The van der Waals surface area contributed by atoms with Gasteiger partial charge in [0.2, 0.25) is 23.6 Å². The Morgan fingerprint density at radius 2 is 1.73 bits per heavy atom. The van der Waals surface area contributed by atoms with E-state index in [-0.39, 0.29) is 18.3 Å². The summed E-state index contributed by atoms with van der Waals surface area (Å²) in [4.78, 5) is 58.0. The Labute approximate surface area is 255 Å². The lowest BCUT2D eigenvalue weighted by atomic mass is 9.92. The molecule has 3 aromatic rings. The average Bonchev–Trinajstić information content (AvgIpc) is 3.73. The number of nitrogens with zero attached hydrogens (tertiary/aromatic N) is 1. The first kappa shape index (κ1) is 31.2. The Hall–Kier alpha value is -4.26. The van der Waals surface area contributed by atoms with Gasteiger partial charge in [0.15, 0.2) is 0 Å². The molecule has 12 nitrogen and oxygen atoms in total. The molecule has 2 aliphatic rings. The number of likely N-dealkylation sites (tertiary alicyclic amines) is 1. The van der Waals surface area contributed by atoms with Crippen molar-refractivity contribution in [3.8, 4) is 0 Å². The van der Waals surface area contributed by atoms with Crippen molar-refractivity contribution < 1.29 is 29.4 Å². The molecule has 2 fully saturated rings. The average molecular weight is 605 g/mol. The summed E-state index contributed by atoms with van der Waals surface area (Å²) >= 11 is 0. The van der Waals surface area contributed by atoms with Crippen molar-refractivity contribution in [3.63, 3.8) is 0 Å². The number of para-hydroxylation sites is 1. The van der Waals surface area contributed by atoms with E-state index in [1.54, 1.807) is 36.5 Å². The molecule has 1 aliphatic heterocycles. The van der Waals surface area contributed by atoms with Crippen LogP contribution in [-0.2, 0) is 25.6 Å². The first-order valence-electron chi connectivity index (χ1n) is 15.0. The van der Waals surface area contributed by atoms with Crippen LogP contribution in [0.25, 0.3) is 10.9 Å². The van der Waals surface area contributed by atoms with E-state index in [2.05, 4.69) is 15.6 Å². The van der Waals surface area contributed by atoms with Crippen LogP contribution >= 0.6 is 0 Å². The lowest BCUT2D eigenvalue weighted by molar-refractivity contribution is -0.143. The van der Waals surface area contributed by atoms with Gasteiger partial charge in [-0.05, 0) is 48.8 Å². The van der Waals surface area contributed by atoms with Crippen molar-refractivity contribution in [1.29, 1.82) is 0 Å². The van der Waals surface area contributed by atoms with Crippen LogP contribution in [0.15, 0.2) is 60.8 Å². The van der Waals surface area contributed by atoms with Gasteiger partial charge in [-0.2, -0.15) is 0 Å². The van der Waals surface area contributed by atoms with Crippen molar-refractivity contribution in [2.24, 2.45) is 23.3 Å². The van der Waals surface area contributed by atoms with Gasteiger partial charge in [0, 0.05) is 30.1 Å². The summed E-state index contributed by atoms with van der Waals surface area (Å²) in [5.41, 5.74) is 13.8. The number of aromatic amines is 1. The Kier molecular flexibility index (Phi) is 9.33. The van der Waals surface area contributed by atoms with Crippen LogP contribution in [0.5, 0.6) is 0 Å². The van der Waals surface area contributed by atoms with E-state index in [4.69, 9.17) is 11.5 Å². The summed E-state index contributed by atoms with van der Waals surface area (Å²) < 4.78 is 0. The second-order valence-corrected chi connectivity index (χ2v) is 11.9. The normalized spacial score (nSPS) is 22.9. The maximum atomic E-state index is 14.1. The van der Waals surface area contributed by atoms with Gasteiger partial charge in [0.05, 0.1) is 6.10 Å². The zero-order chi connectivity index (χ0) is 31.5. The fourth-order valence-electron chi connectivity index (χ4n) is 6.72. The number of hydrogen-bond acceptors (Lipinski definition) is 7. The second-order valence-electron chi connectivity index (χ2n) is 11.9. The first-order valence-corrected chi connectivity index (χ1v) is 15.0. The van der Waals surface area contributed by atoms with Gasteiger partial charge in [-0.15, -0.1) is 0 Å². The fraction of sp³-hybridized carbons (Fsp3) is 0.438. The van der Waals surface area contributed by atoms with E-state index in [9.17, 15) is 29.4 Å². The molecule has 8 atom stereocenters. The van der Waals surface area contributed by atoms with Crippen molar-refractivity contribution in [2.75, 3.05) is 6.54 Å². The zero-order valence-electron chi connectivity index (χ0n) is 24.6. The van der Waals surface area contributed by atoms with Crippen LogP contribution in [0, 0.1) is 11.8 Å². The summed E-state index contributed by atoms with van der Waals surface area (Å²) in [5.74, 6) is -2.74. The maximum absolute atomic E-state index is 14.1. The molecule has 1 saturated heterocycles. The highest BCUT2D eigenvalue weighted by atomic mass is 16.3. The molecule has 2 unspecified atom stereocenters. The monoisotopic (exact) mass is 604 g/mol. The third-order valence-corrected chi connectivity index (χ3v) is 9.03. The molecule has 44 heavy (non-hydrogen) atoms. The Morgan fingerprint density at radius 3 is 2.43 bits per heavy atom. The van der Waals surface area contributed by atoms with Crippen LogP contribution in [-0.4, -0.2) is 80.5 Å². The molecule has 234 valence electrons. The SMILES string of the molecule is C[C@@H](O)[C@H](NC(=O)[C@H](Cc1c[nH]c2ccccc12)NC(=O)[C@@H]1C2CCCC2CN1C(=O)[C@@H](N)[C@@H](O)c1ccccc1)C(N)=O. The maximum Gasteiger partial charge on any atom is 0.243 e. The number of carbonyl (C=O) groups is 4. The number of benzene rings is 2. The van der Waals surface area contributed by atoms with Crippen molar-refractivity contribution in [2.45, 2.75) is 69.0 Å².